The summed E-state index contributed by atoms with van der Waals surface area (Å²) in [5, 5.41) is 2.84. The van der Waals surface area contributed by atoms with Crippen molar-refractivity contribution in [1.82, 2.24) is 5.32 Å². The van der Waals surface area contributed by atoms with Gasteiger partial charge in [-0.1, -0.05) is 44.2 Å². The Morgan fingerprint density at radius 1 is 1.04 bits per heavy atom. The third-order valence-electron chi connectivity index (χ3n) is 4.17. The van der Waals surface area contributed by atoms with Crippen molar-refractivity contribution in [2.24, 2.45) is 0 Å². The van der Waals surface area contributed by atoms with Crippen molar-refractivity contribution in [2.45, 2.75) is 25.9 Å². The number of benzene rings is 2. The standard InChI is InChI=1S/C21H27NO4/c1-15(2)16-9-11-17(12-10-16)26-14-21(23)22-13-20(25-4)18-7-5-6-8-19(18)24-3/h5-12,15,20H,13-14H2,1-4H3,(H,22,23). The molecule has 0 aliphatic carbocycles. The molecule has 1 amide bonds. The van der Waals surface area contributed by atoms with Crippen LogP contribution in [0.5, 0.6) is 11.5 Å². The molecule has 1 unspecified atom stereocenters. The van der Waals surface area contributed by atoms with E-state index in [9.17, 15) is 4.79 Å². The molecule has 0 aliphatic rings. The summed E-state index contributed by atoms with van der Waals surface area (Å²) in [6, 6.07) is 15.4. The number of amides is 1. The van der Waals surface area contributed by atoms with Crippen LogP contribution in [0.2, 0.25) is 0 Å². The number of carbonyl (C=O) groups excluding carboxylic acids is 1. The van der Waals surface area contributed by atoms with Crippen LogP contribution in [-0.4, -0.2) is 33.3 Å². The lowest BCUT2D eigenvalue weighted by Gasteiger charge is -2.19. The maximum atomic E-state index is 12.1. The molecule has 0 aliphatic heterocycles. The van der Waals surface area contributed by atoms with E-state index in [0.717, 1.165) is 11.3 Å². The second-order valence-electron chi connectivity index (χ2n) is 6.28. The van der Waals surface area contributed by atoms with E-state index in [0.29, 0.717) is 18.2 Å². The molecule has 0 spiro atoms. The van der Waals surface area contributed by atoms with Gasteiger partial charge >= 0.3 is 0 Å². The molecular formula is C21H27NO4. The summed E-state index contributed by atoms with van der Waals surface area (Å²) in [6.45, 7) is 4.57. The van der Waals surface area contributed by atoms with Crippen molar-refractivity contribution < 1.29 is 19.0 Å². The van der Waals surface area contributed by atoms with Crippen molar-refractivity contribution >= 4 is 5.91 Å². The third-order valence-corrected chi connectivity index (χ3v) is 4.17. The van der Waals surface area contributed by atoms with Crippen LogP contribution in [0.4, 0.5) is 0 Å². The molecule has 2 aromatic carbocycles. The van der Waals surface area contributed by atoms with E-state index in [1.807, 2.05) is 48.5 Å². The Balaban J connectivity index is 1.85. The maximum absolute atomic E-state index is 12.1. The molecule has 0 saturated heterocycles. The first-order valence-electron chi connectivity index (χ1n) is 8.70. The van der Waals surface area contributed by atoms with Gasteiger partial charge in [-0.15, -0.1) is 0 Å². The first-order valence-corrected chi connectivity index (χ1v) is 8.70. The second-order valence-corrected chi connectivity index (χ2v) is 6.28. The predicted octanol–water partition coefficient (Wildman–Crippen LogP) is 3.70. The fourth-order valence-corrected chi connectivity index (χ4v) is 2.61. The average molecular weight is 357 g/mol. The predicted molar refractivity (Wildman–Crippen MR) is 102 cm³/mol. The highest BCUT2D eigenvalue weighted by atomic mass is 16.5. The van der Waals surface area contributed by atoms with Gasteiger partial charge < -0.3 is 19.5 Å². The monoisotopic (exact) mass is 357 g/mol. The van der Waals surface area contributed by atoms with E-state index in [1.165, 1.54) is 5.56 Å². The number of methoxy groups -OCH3 is 2. The van der Waals surface area contributed by atoms with Gasteiger partial charge in [-0.3, -0.25) is 4.79 Å². The Morgan fingerprint density at radius 2 is 1.73 bits per heavy atom. The third kappa shape index (κ3) is 5.49. The Hall–Kier alpha value is -2.53. The van der Waals surface area contributed by atoms with Crippen LogP contribution < -0.4 is 14.8 Å². The summed E-state index contributed by atoms with van der Waals surface area (Å²) < 4.78 is 16.4. The van der Waals surface area contributed by atoms with Gasteiger partial charge in [0, 0.05) is 19.2 Å². The summed E-state index contributed by atoms with van der Waals surface area (Å²) in [5.41, 5.74) is 2.13. The topological polar surface area (TPSA) is 56.8 Å². The Kier molecular flexibility index (Phi) is 7.48. The van der Waals surface area contributed by atoms with E-state index < -0.39 is 0 Å². The molecule has 140 valence electrons. The van der Waals surface area contributed by atoms with E-state index in [-0.39, 0.29) is 18.6 Å². The number of hydrogen-bond donors (Lipinski definition) is 1. The number of nitrogens with one attached hydrogen (secondary N) is 1. The van der Waals surface area contributed by atoms with Gasteiger partial charge in [0.1, 0.15) is 17.6 Å². The Bertz CT molecular complexity index is 697. The summed E-state index contributed by atoms with van der Waals surface area (Å²) in [4.78, 5) is 12.1. The minimum Gasteiger partial charge on any atom is -0.496 e. The van der Waals surface area contributed by atoms with Crippen molar-refractivity contribution in [1.29, 1.82) is 0 Å². The van der Waals surface area contributed by atoms with Crippen LogP contribution in [0.3, 0.4) is 0 Å². The number of carbonyl (C=O) groups is 1. The molecule has 0 radical (unpaired) electrons. The van der Waals surface area contributed by atoms with Crippen molar-refractivity contribution in [3.05, 3.63) is 59.7 Å². The summed E-state index contributed by atoms with van der Waals surface area (Å²) in [6.07, 6.45) is -0.291. The van der Waals surface area contributed by atoms with Gasteiger partial charge in [-0.2, -0.15) is 0 Å². The van der Waals surface area contributed by atoms with Gasteiger partial charge in [-0.05, 0) is 29.7 Å². The SMILES string of the molecule is COc1ccccc1C(CNC(=O)COc1ccc(C(C)C)cc1)OC. The number of ether oxygens (including phenoxy) is 3. The smallest absolute Gasteiger partial charge is 0.258 e. The van der Waals surface area contributed by atoms with E-state index in [2.05, 4.69) is 19.2 Å². The van der Waals surface area contributed by atoms with Crippen molar-refractivity contribution in [3.63, 3.8) is 0 Å². The van der Waals surface area contributed by atoms with Crippen LogP contribution in [-0.2, 0) is 9.53 Å². The fourth-order valence-electron chi connectivity index (χ4n) is 2.61. The molecule has 5 nitrogen and oxygen atoms in total. The summed E-state index contributed by atoms with van der Waals surface area (Å²) in [7, 11) is 3.22. The first-order chi connectivity index (χ1) is 12.5. The Morgan fingerprint density at radius 3 is 2.35 bits per heavy atom. The Labute approximate surface area is 155 Å². The summed E-state index contributed by atoms with van der Waals surface area (Å²) in [5.74, 6) is 1.68. The van der Waals surface area contributed by atoms with Crippen LogP contribution in [0.15, 0.2) is 48.5 Å². The van der Waals surface area contributed by atoms with E-state index in [4.69, 9.17) is 14.2 Å². The highest BCUT2D eigenvalue weighted by Gasteiger charge is 2.16. The second kappa shape index (κ2) is 9.82. The van der Waals surface area contributed by atoms with Crippen molar-refractivity contribution in [2.75, 3.05) is 27.4 Å². The van der Waals surface area contributed by atoms with Gasteiger partial charge in [-0.25, -0.2) is 0 Å². The zero-order valence-corrected chi connectivity index (χ0v) is 15.8. The van der Waals surface area contributed by atoms with Crippen LogP contribution in [0.1, 0.15) is 37.0 Å². The number of para-hydroxylation sites is 1. The molecule has 1 N–H and O–H groups in total. The molecule has 2 rings (SSSR count). The number of rotatable bonds is 9. The van der Waals surface area contributed by atoms with E-state index >= 15 is 0 Å². The average Bonchev–Trinajstić information content (AvgIpc) is 2.67. The lowest BCUT2D eigenvalue weighted by atomic mass is 10.0. The normalized spacial score (nSPS) is 11.9. The molecule has 26 heavy (non-hydrogen) atoms. The minimum absolute atomic E-state index is 0.0383. The molecule has 0 aromatic heterocycles. The highest BCUT2D eigenvalue weighted by Crippen LogP contribution is 2.26. The molecule has 0 fully saturated rings. The fraction of sp³-hybridized carbons (Fsp3) is 0.381. The maximum Gasteiger partial charge on any atom is 0.258 e. The largest absolute Gasteiger partial charge is 0.496 e. The lowest BCUT2D eigenvalue weighted by molar-refractivity contribution is -0.123. The zero-order valence-electron chi connectivity index (χ0n) is 15.8. The van der Waals surface area contributed by atoms with E-state index in [1.54, 1.807) is 14.2 Å². The van der Waals surface area contributed by atoms with Gasteiger partial charge in [0.15, 0.2) is 6.61 Å². The highest BCUT2D eigenvalue weighted by molar-refractivity contribution is 5.77. The van der Waals surface area contributed by atoms with Gasteiger partial charge in [0.2, 0.25) is 0 Å². The first kappa shape index (κ1) is 19.8. The van der Waals surface area contributed by atoms with Crippen LogP contribution >= 0.6 is 0 Å². The molecule has 0 saturated carbocycles. The number of hydrogen-bond acceptors (Lipinski definition) is 4. The van der Waals surface area contributed by atoms with Crippen LogP contribution in [0.25, 0.3) is 0 Å². The van der Waals surface area contributed by atoms with Crippen LogP contribution in [0, 0.1) is 0 Å². The quantitative estimate of drug-likeness (QED) is 0.743. The zero-order chi connectivity index (χ0) is 18.9. The van der Waals surface area contributed by atoms with Gasteiger partial charge in [0.05, 0.1) is 7.11 Å². The lowest BCUT2D eigenvalue weighted by Crippen LogP contribution is -2.33. The molecular weight excluding hydrogens is 330 g/mol. The van der Waals surface area contributed by atoms with Crippen molar-refractivity contribution in [3.8, 4) is 11.5 Å². The molecule has 1 atom stereocenters. The molecule has 5 heteroatoms. The molecule has 0 bridgehead atoms. The molecule has 2 aromatic rings. The summed E-state index contributed by atoms with van der Waals surface area (Å²) >= 11 is 0. The molecule has 0 heterocycles. The minimum atomic E-state index is -0.291. The van der Waals surface area contributed by atoms with Gasteiger partial charge in [0.25, 0.3) is 5.91 Å².